The van der Waals surface area contributed by atoms with E-state index in [2.05, 4.69) is 5.32 Å². The van der Waals surface area contributed by atoms with Crippen molar-refractivity contribution < 1.29 is 18.0 Å². The molecule has 0 radical (unpaired) electrons. The lowest BCUT2D eigenvalue weighted by Gasteiger charge is -2.08. The van der Waals surface area contributed by atoms with Gasteiger partial charge in [-0.15, -0.1) is 0 Å². The Bertz CT molecular complexity index is 172. The van der Waals surface area contributed by atoms with Crippen LogP contribution in [0.3, 0.4) is 0 Å². The molecule has 0 aromatic heterocycles. The fourth-order valence-corrected chi connectivity index (χ4v) is 1.27. The molecule has 1 N–H and O–H groups in total. The minimum Gasteiger partial charge on any atom is -0.316 e. The van der Waals surface area contributed by atoms with Crippen LogP contribution >= 0.6 is 0 Å². The number of carbonyl (C=O) groups excluding carboxylic acids is 1. The number of alkyl halides is 3. The van der Waals surface area contributed by atoms with Crippen molar-refractivity contribution in [3.8, 4) is 0 Å². The summed E-state index contributed by atoms with van der Waals surface area (Å²) in [5, 5.41) is 2.91. The van der Waals surface area contributed by atoms with Crippen molar-refractivity contribution in [3.63, 3.8) is 0 Å². The smallest absolute Gasteiger partial charge is 0.316 e. The minimum atomic E-state index is -4.65. The second-order valence-corrected chi connectivity index (χ2v) is 2.98. The molecule has 0 aromatic rings. The average molecular weight is 181 g/mol. The molecule has 1 atom stereocenters. The fraction of sp³-hybridized carbons (Fsp3) is 0.857. The third kappa shape index (κ3) is 2.48. The van der Waals surface area contributed by atoms with Gasteiger partial charge in [0, 0.05) is 6.42 Å². The van der Waals surface area contributed by atoms with E-state index in [9.17, 15) is 18.0 Å². The summed E-state index contributed by atoms with van der Waals surface area (Å²) in [6, 6.07) is 0. The Morgan fingerprint density at radius 1 is 1.50 bits per heavy atom. The number of nitrogens with one attached hydrogen (secondary N) is 1. The lowest BCUT2D eigenvalue weighted by Crippen LogP contribution is -2.25. The van der Waals surface area contributed by atoms with E-state index in [0.29, 0.717) is 13.0 Å². The van der Waals surface area contributed by atoms with E-state index >= 15 is 0 Å². The Balaban J connectivity index is 2.35. The van der Waals surface area contributed by atoms with Gasteiger partial charge in [-0.1, -0.05) is 0 Å². The highest BCUT2D eigenvalue weighted by Gasteiger charge is 2.39. The minimum absolute atomic E-state index is 0.126. The lowest BCUT2D eigenvalue weighted by atomic mass is 10.0. The van der Waals surface area contributed by atoms with E-state index in [4.69, 9.17) is 0 Å². The van der Waals surface area contributed by atoms with Crippen LogP contribution in [0, 0.1) is 5.92 Å². The Kier molecular flexibility index (Phi) is 2.72. The molecule has 0 amide bonds. The van der Waals surface area contributed by atoms with E-state index in [-0.39, 0.29) is 12.3 Å². The first-order valence-corrected chi connectivity index (χ1v) is 3.81. The molecule has 12 heavy (non-hydrogen) atoms. The number of hydrogen-bond acceptors (Lipinski definition) is 2. The summed E-state index contributed by atoms with van der Waals surface area (Å²) in [5.74, 6) is -1.73. The third-order valence-electron chi connectivity index (χ3n) is 1.95. The first kappa shape index (κ1) is 9.51. The summed E-state index contributed by atoms with van der Waals surface area (Å²) in [6.45, 7) is 1.25. The highest BCUT2D eigenvalue weighted by molar-refractivity contribution is 5.84. The van der Waals surface area contributed by atoms with E-state index in [1.54, 1.807) is 0 Å². The second-order valence-electron chi connectivity index (χ2n) is 2.98. The van der Waals surface area contributed by atoms with Crippen molar-refractivity contribution in [1.29, 1.82) is 0 Å². The SMILES string of the molecule is O=C(CC1CCNC1)C(F)(F)F. The lowest BCUT2D eigenvalue weighted by molar-refractivity contribution is -0.171. The van der Waals surface area contributed by atoms with Gasteiger partial charge in [-0.25, -0.2) is 0 Å². The van der Waals surface area contributed by atoms with Gasteiger partial charge in [0.25, 0.3) is 0 Å². The zero-order chi connectivity index (χ0) is 9.19. The van der Waals surface area contributed by atoms with Gasteiger partial charge < -0.3 is 5.32 Å². The summed E-state index contributed by atoms with van der Waals surface area (Å²) in [7, 11) is 0. The third-order valence-corrected chi connectivity index (χ3v) is 1.95. The van der Waals surface area contributed by atoms with Gasteiger partial charge in [-0.05, 0) is 25.4 Å². The maximum Gasteiger partial charge on any atom is 0.449 e. The molecule has 5 heteroatoms. The number of ketones is 1. The largest absolute Gasteiger partial charge is 0.449 e. The zero-order valence-electron chi connectivity index (χ0n) is 6.45. The molecule has 1 aliphatic heterocycles. The highest BCUT2D eigenvalue weighted by Crippen LogP contribution is 2.22. The van der Waals surface area contributed by atoms with Crippen LogP contribution < -0.4 is 5.32 Å². The molecule has 1 saturated heterocycles. The molecule has 1 heterocycles. The number of rotatable bonds is 2. The standard InChI is InChI=1S/C7H10F3NO/c8-7(9,10)6(12)3-5-1-2-11-4-5/h5,11H,1-4H2. The number of carbonyl (C=O) groups is 1. The summed E-state index contributed by atoms with van der Waals surface area (Å²) < 4.78 is 35.2. The van der Waals surface area contributed by atoms with Crippen molar-refractivity contribution in [2.24, 2.45) is 5.92 Å². The molecule has 0 aliphatic carbocycles. The maximum absolute atomic E-state index is 11.7. The van der Waals surface area contributed by atoms with Gasteiger partial charge in [0.15, 0.2) is 0 Å². The number of hydrogen-bond donors (Lipinski definition) is 1. The molecule has 1 rings (SSSR count). The van der Waals surface area contributed by atoms with E-state index < -0.39 is 12.0 Å². The van der Waals surface area contributed by atoms with Crippen LogP contribution in [-0.4, -0.2) is 25.0 Å². The van der Waals surface area contributed by atoms with Gasteiger partial charge >= 0.3 is 6.18 Å². The first-order chi connectivity index (χ1) is 5.50. The Hall–Kier alpha value is -0.580. The van der Waals surface area contributed by atoms with Crippen LogP contribution in [0.4, 0.5) is 13.2 Å². The van der Waals surface area contributed by atoms with Gasteiger partial charge in [0.05, 0.1) is 0 Å². The van der Waals surface area contributed by atoms with Gasteiger partial charge in [0.2, 0.25) is 5.78 Å². The Morgan fingerprint density at radius 3 is 2.58 bits per heavy atom. The van der Waals surface area contributed by atoms with E-state index in [1.165, 1.54) is 0 Å². The summed E-state index contributed by atoms with van der Waals surface area (Å²) in [5.41, 5.74) is 0. The Labute approximate surface area is 68.1 Å². The molecule has 1 aliphatic rings. The molecule has 0 saturated carbocycles. The van der Waals surface area contributed by atoms with Crippen LogP contribution in [0.15, 0.2) is 0 Å². The van der Waals surface area contributed by atoms with Crippen LogP contribution in [0.2, 0.25) is 0 Å². The van der Waals surface area contributed by atoms with Crippen molar-refractivity contribution in [3.05, 3.63) is 0 Å². The summed E-state index contributed by atoms with van der Waals surface area (Å²) in [4.78, 5) is 10.5. The van der Waals surface area contributed by atoms with Crippen LogP contribution in [-0.2, 0) is 4.79 Å². The summed E-state index contributed by atoms with van der Waals surface area (Å²) in [6.07, 6.45) is -4.35. The quantitative estimate of drug-likeness (QED) is 0.691. The van der Waals surface area contributed by atoms with Gasteiger partial charge in [-0.2, -0.15) is 13.2 Å². The first-order valence-electron chi connectivity index (χ1n) is 3.81. The normalized spacial score (nSPS) is 24.4. The number of halogens is 3. The maximum atomic E-state index is 11.7. The number of Topliss-reactive ketones (excluding diaryl/α,β-unsaturated/α-hetero) is 1. The predicted molar refractivity (Wildman–Crippen MR) is 36.7 cm³/mol. The molecule has 2 nitrogen and oxygen atoms in total. The zero-order valence-corrected chi connectivity index (χ0v) is 6.45. The van der Waals surface area contributed by atoms with E-state index in [1.807, 2.05) is 0 Å². The van der Waals surface area contributed by atoms with Crippen LogP contribution in [0.1, 0.15) is 12.8 Å². The van der Waals surface area contributed by atoms with E-state index in [0.717, 1.165) is 6.54 Å². The molecule has 0 spiro atoms. The van der Waals surface area contributed by atoms with Crippen molar-refractivity contribution in [1.82, 2.24) is 5.32 Å². The van der Waals surface area contributed by atoms with Crippen LogP contribution in [0.25, 0.3) is 0 Å². The topological polar surface area (TPSA) is 29.1 Å². The second kappa shape index (κ2) is 3.43. The molecule has 70 valence electrons. The van der Waals surface area contributed by atoms with Crippen molar-refractivity contribution in [2.75, 3.05) is 13.1 Å². The fourth-order valence-electron chi connectivity index (χ4n) is 1.27. The highest BCUT2D eigenvalue weighted by atomic mass is 19.4. The van der Waals surface area contributed by atoms with Gasteiger partial charge in [0.1, 0.15) is 0 Å². The van der Waals surface area contributed by atoms with Crippen molar-refractivity contribution >= 4 is 5.78 Å². The molecule has 0 bridgehead atoms. The average Bonchev–Trinajstić information content (AvgIpc) is 2.37. The summed E-state index contributed by atoms with van der Waals surface area (Å²) >= 11 is 0. The monoisotopic (exact) mass is 181 g/mol. The molecule has 0 aromatic carbocycles. The molecular formula is C7H10F3NO. The molecular weight excluding hydrogens is 171 g/mol. The van der Waals surface area contributed by atoms with Gasteiger partial charge in [-0.3, -0.25) is 4.79 Å². The Morgan fingerprint density at radius 2 is 2.17 bits per heavy atom. The molecule has 1 fully saturated rings. The van der Waals surface area contributed by atoms with Crippen molar-refractivity contribution in [2.45, 2.75) is 19.0 Å². The predicted octanol–water partition coefficient (Wildman–Crippen LogP) is 1.12. The molecule has 1 unspecified atom stereocenters. The van der Waals surface area contributed by atoms with Crippen LogP contribution in [0.5, 0.6) is 0 Å².